The predicted molar refractivity (Wildman–Crippen MR) is 109 cm³/mol. The number of fused-ring (bicyclic) bond motifs is 1. The molecule has 0 radical (unpaired) electrons. The van der Waals surface area contributed by atoms with E-state index in [0.29, 0.717) is 29.6 Å². The number of halogens is 1. The fourth-order valence-electron chi connectivity index (χ4n) is 3.30. The molecule has 0 aliphatic carbocycles. The Morgan fingerprint density at radius 2 is 2.07 bits per heavy atom. The lowest BCUT2D eigenvalue weighted by Gasteiger charge is -2.29. The Balaban J connectivity index is 1.79. The molecule has 0 saturated carbocycles. The molecule has 3 N–H and O–H groups in total. The molecule has 0 unspecified atom stereocenters. The molecule has 0 spiro atoms. The fraction of sp³-hybridized carbons (Fsp3) is 0.150. The quantitative estimate of drug-likeness (QED) is 0.634. The van der Waals surface area contributed by atoms with E-state index >= 15 is 0 Å². The number of hydrogen-bond donors (Lipinski definition) is 2. The van der Waals surface area contributed by atoms with Gasteiger partial charge in [0.15, 0.2) is 0 Å². The number of rotatable bonds is 5. The van der Waals surface area contributed by atoms with Crippen LogP contribution >= 0.6 is 15.9 Å². The number of allylic oxidation sites excluding steroid dienone is 1. The average molecular weight is 440 g/mol. The van der Waals surface area contributed by atoms with Gasteiger partial charge in [-0.2, -0.15) is 10.1 Å². The number of carbonyl (C=O) groups excluding carboxylic acids is 1. The number of hydrogen-bond acceptors (Lipinski definition) is 5. The lowest BCUT2D eigenvalue weighted by atomic mass is 9.94. The molecule has 1 amide bonds. The summed E-state index contributed by atoms with van der Waals surface area (Å²) in [7, 11) is 0. The molecule has 2 heterocycles. The van der Waals surface area contributed by atoms with Crippen LogP contribution in [0.1, 0.15) is 24.1 Å². The summed E-state index contributed by atoms with van der Waals surface area (Å²) in [4.78, 5) is 16.5. The van der Waals surface area contributed by atoms with Gasteiger partial charge in [-0.3, -0.25) is 4.79 Å². The van der Waals surface area contributed by atoms with Crippen LogP contribution in [0.2, 0.25) is 0 Å². The molecule has 1 aliphatic rings. The predicted octanol–water partition coefficient (Wildman–Crippen LogP) is 3.39. The van der Waals surface area contributed by atoms with E-state index in [1.807, 2.05) is 48.5 Å². The number of nitrogens with two attached hydrogens (primary N) is 1. The maximum atomic E-state index is 12.3. The zero-order valence-electron chi connectivity index (χ0n) is 15.1. The Hall–Kier alpha value is -3.13. The highest BCUT2D eigenvalue weighted by atomic mass is 79.9. The van der Waals surface area contributed by atoms with E-state index in [4.69, 9.17) is 10.5 Å². The van der Waals surface area contributed by atoms with Gasteiger partial charge in [-0.15, -0.1) is 0 Å². The first-order chi connectivity index (χ1) is 13.5. The smallest absolute Gasteiger partial charge is 0.248 e. The van der Waals surface area contributed by atoms with Gasteiger partial charge in [-0.25, -0.2) is 4.68 Å². The average Bonchev–Trinajstić information content (AvgIpc) is 3.14. The highest BCUT2D eigenvalue weighted by Crippen LogP contribution is 2.39. The van der Waals surface area contributed by atoms with Gasteiger partial charge in [0.05, 0.1) is 5.57 Å². The van der Waals surface area contributed by atoms with Crippen LogP contribution in [-0.2, 0) is 11.4 Å². The summed E-state index contributed by atoms with van der Waals surface area (Å²) >= 11 is 3.51. The van der Waals surface area contributed by atoms with Gasteiger partial charge in [0, 0.05) is 15.7 Å². The molecule has 8 heteroatoms. The van der Waals surface area contributed by atoms with E-state index in [1.54, 1.807) is 11.6 Å². The molecule has 7 nitrogen and oxygen atoms in total. The summed E-state index contributed by atoms with van der Waals surface area (Å²) in [6.07, 6.45) is 1.44. The van der Waals surface area contributed by atoms with Gasteiger partial charge in [0.1, 0.15) is 24.7 Å². The number of nitrogens with zero attached hydrogens (tertiary/aromatic N) is 3. The number of aromatic nitrogens is 3. The van der Waals surface area contributed by atoms with Gasteiger partial charge in [0.2, 0.25) is 11.9 Å². The van der Waals surface area contributed by atoms with Crippen LogP contribution in [0.15, 0.2) is 70.6 Å². The van der Waals surface area contributed by atoms with Crippen molar-refractivity contribution in [2.75, 3.05) is 5.32 Å². The van der Waals surface area contributed by atoms with Crippen LogP contribution in [0, 0.1) is 0 Å². The van der Waals surface area contributed by atoms with E-state index in [2.05, 4.69) is 31.3 Å². The maximum absolute atomic E-state index is 12.3. The number of primary amides is 1. The molecular weight excluding hydrogens is 422 g/mol. The number of benzene rings is 2. The van der Waals surface area contributed by atoms with Gasteiger partial charge in [-0.05, 0) is 30.7 Å². The summed E-state index contributed by atoms with van der Waals surface area (Å²) in [5.74, 6) is 0.665. The molecule has 28 heavy (non-hydrogen) atoms. The summed E-state index contributed by atoms with van der Waals surface area (Å²) in [5, 5.41) is 7.38. The minimum Gasteiger partial charge on any atom is -0.489 e. The lowest BCUT2D eigenvalue weighted by Crippen LogP contribution is -2.32. The number of carbonyl (C=O) groups is 1. The SMILES string of the molecule is CC1=C(C(N)=O)[C@@H](c2cc(Br)ccc2OCc2ccccc2)n2ncnc2N1. The van der Waals surface area contributed by atoms with Crippen LogP contribution in [0.25, 0.3) is 0 Å². The Morgan fingerprint density at radius 1 is 1.29 bits per heavy atom. The van der Waals surface area contributed by atoms with Crippen molar-refractivity contribution in [3.63, 3.8) is 0 Å². The van der Waals surface area contributed by atoms with Gasteiger partial charge >= 0.3 is 0 Å². The first kappa shape index (κ1) is 18.2. The van der Waals surface area contributed by atoms with Gasteiger partial charge in [-0.1, -0.05) is 46.3 Å². The second kappa shape index (κ2) is 7.47. The molecule has 1 aromatic heterocycles. The van der Waals surface area contributed by atoms with E-state index < -0.39 is 11.9 Å². The van der Waals surface area contributed by atoms with Crippen molar-refractivity contribution in [2.24, 2.45) is 5.73 Å². The minimum atomic E-state index is -0.542. The number of anilines is 1. The Bertz CT molecular complexity index is 1060. The van der Waals surface area contributed by atoms with E-state index in [0.717, 1.165) is 15.6 Å². The molecule has 0 bridgehead atoms. The Kier molecular flexibility index (Phi) is 4.87. The second-order valence-electron chi connectivity index (χ2n) is 6.42. The van der Waals surface area contributed by atoms with Crippen molar-refractivity contribution in [1.82, 2.24) is 14.8 Å². The van der Waals surface area contributed by atoms with Crippen LogP contribution in [-0.4, -0.2) is 20.7 Å². The Labute approximate surface area is 170 Å². The normalized spacial score (nSPS) is 15.7. The highest BCUT2D eigenvalue weighted by molar-refractivity contribution is 9.10. The third-order valence-electron chi connectivity index (χ3n) is 4.56. The molecule has 4 rings (SSSR count). The maximum Gasteiger partial charge on any atom is 0.248 e. The number of ether oxygens (including phenoxy) is 1. The highest BCUT2D eigenvalue weighted by Gasteiger charge is 2.34. The zero-order chi connectivity index (χ0) is 19.7. The molecule has 1 atom stereocenters. The summed E-state index contributed by atoms with van der Waals surface area (Å²) in [6.45, 7) is 2.20. The monoisotopic (exact) mass is 439 g/mol. The van der Waals surface area contributed by atoms with Crippen molar-refractivity contribution < 1.29 is 9.53 Å². The first-order valence-electron chi connectivity index (χ1n) is 8.68. The Morgan fingerprint density at radius 3 is 2.82 bits per heavy atom. The summed E-state index contributed by atoms with van der Waals surface area (Å²) in [6, 6.07) is 15.0. The largest absolute Gasteiger partial charge is 0.489 e. The molecule has 2 aromatic carbocycles. The summed E-state index contributed by atoms with van der Waals surface area (Å²) in [5.41, 5.74) is 8.59. The third-order valence-corrected chi connectivity index (χ3v) is 5.06. The van der Waals surface area contributed by atoms with Crippen molar-refractivity contribution in [3.8, 4) is 5.75 Å². The number of amides is 1. The summed E-state index contributed by atoms with van der Waals surface area (Å²) < 4.78 is 8.61. The van der Waals surface area contributed by atoms with Crippen molar-refractivity contribution >= 4 is 27.8 Å². The first-order valence-corrected chi connectivity index (χ1v) is 9.47. The molecule has 1 aliphatic heterocycles. The minimum absolute atomic E-state index is 0.402. The van der Waals surface area contributed by atoms with Crippen LogP contribution < -0.4 is 15.8 Å². The van der Waals surface area contributed by atoms with Crippen molar-refractivity contribution in [3.05, 3.63) is 81.7 Å². The van der Waals surface area contributed by atoms with E-state index in [-0.39, 0.29) is 0 Å². The molecule has 3 aromatic rings. The molecule has 0 fully saturated rings. The number of nitrogens with one attached hydrogen (secondary N) is 1. The van der Waals surface area contributed by atoms with E-state index in [9.17, 15) is 4.79 Å². The lowest BCUT2D eigenvalue weighted by molar-refractivity contribution is -0.115. The van der Waals surface area contributed by atoms with Crippen LogP contribution in [0.5, 0.6) is 5.75 Å². The van der Waals surface area contributed by atoms with E-state index in [1.165, 1.54) is 6.33 Å². The standard InChI is InChI=1S/C20H18BrN5O2/c1-12-17(19(22)27)18(26-20(25-12)23-11-24-26)15-9-14(21)7-8-16(15)28-10-13-5-3-2-4-6-13/h2-9,11,18H,10H2,1H3,(H2,22,27)(H,23,24,25)/t18-/m1/s1. The third kappa shape index (κ3) is 3.38. The van der Waals surface area contributed by atoms with Crippen molar-refractivity contribution in [2.45, 2.75) is 19.6 Å². The van der Waals surface area contributed by atoms with Crippen LogP contribution in [0.3, 0.4) is 0 Å². The van der Waals surface area contributed by atoms with Crippen LogP contribution in [0.4, 0.5) is 5.95 Å². The van der Waals surface area contributed by atoms with Gasteiger partial charge in [0.25, 0.3) is 0 Å². The van der Waals surface area contributed by atoms with Crippen molar-refractivity contribution in [1.29, 1.82) is 0 Å². The zero-order valence-corrected chi connectivity index (χ0v) is 16.7. The molecular formula is C20H18BrN5O2. The second-order valence-corrected chi connectivity index (χ2v) is 7.33. The van der Waals surface area contributed by atoms with Gasteiger partial charge < -0.3 is 15.8 Å². The molecule has 142 valence electrons. The molecule has 0 saturated heterocycles. The fourth-order valence-corrected chi connectivity index (χ4v) is 3.68. The topological polar surface area (TPSA) is 95.1 Å².